The molecule has 1 aliphatic rings. The minimum atomic E-state index is -3.47. The Hall–Kier alpha value is -1.13. The van der Waals surface area contributed by atoms with Crippen molar-refractivity contribution in [2.75, 3.05) is 26.3 Å². The normalized spacial score (nSPS) is 16.9. The summed E-state index contributed by atoms with van der Waals surface area (Å²) in [7, 11) is -4.96. The molecule has 0 aromatic heterocycles. The first-order valence-electron chi connectivity index (χ1n) is 7.42. The highest BCUT2D eigenvalue weighted by molar-refractivity contribution is 7.89. The molecule has 0 N–H and O–H groups in total. The Morgan fingerprint density at radius 1 is 1.18 bits per heavy atom. The van der Waals surface area contributed by atoms with E-state index in [0.29, 0.717) is 31.2 Å². The van der Waals surface area contributed by atoms with Gasteiger partial charge in [-0.25, -0.2) is 8.42 Å². The number of rotatable bonds is 2. The molecule has 1 saturated heterocycles. The van der Waals surface area contributed by atoms with Gasteiger partial charge in [-0.05, 0) is 24.6 Å². The van der Waals surface area contributed by atoms with Gasteiger partial charge in [0.05, 0.1) is 18.1 Å². The third-order valence-electron chi connectivity index (χ3n) is 3.36. The number of benzene rings is 1. The maximum absolute atomic E-state index is 12.8. The average molecular weight is 338 g/mol. The second-order valence-electron chi connectivity index (χ2n) is 6.50. The molecule has 0 atom stereocenters. The van der Waals surface area contributed by atoms with Gasteiger partial charge in [0.15, 0.2) is 0 Å². The van der Waals surface area contributed by atoms with E-state index in [0.717, 1.165) is 11.1 Å². The number of hydrogen-bond acceptors (Lipinski definition) is 3. The van der Waals surface area contributed by atoms with Crippen LogP contribution in [-0.2, 0) is 14.8 Å². The minimum absolute atomic E-state index is 0.358. The number of morpholine rings is 1. The molecule has 1 aromatic rings. The van der Waals surface area contributed by atoms with Crippen LogP contribution in [-0.4, -0.2) is 47.1 Å². The van der Waals surface area contributed by atoms with Crippen LogP contribution in [0.1, 0.15) is 11.1 Å². The van der Waals surface area contributed by atoms with Gasteiger partial charge in [0.1, 0.15) is 8.07 Å². The highest BCUT2D eigenvalue weighted by Crippen LogP contribution is 2.22. The van der Waals surface area contributed by atoms with Gasteiger partial charge in [0.25, 0.3) is 0 Å². The van der Waals surface area contributed by atoms with E-state index < -0.39 is 18.1 Å². The van der Waals surface area contributed by atoms with Crippen molar-refractivity contribution in [1.82, 2.24) is 4.31 Å². The van der Waals surface area contributed by atoms with E-state index >= 15 is 0 Å². The zero-order valence-corrected chi connectivity index (χ0v) is 15.5. The molecule has 2 rings (SSSR count). The summed E-state index contributed by atoms with van der Waals surface area (Å²) in [6, 6.07) is 5.43. The van der Waals surface area contributed by atoms with Crippen LogP contribution in [0.15, 0.2) is 23.1 Å². The quantitative estimate of drug-likeness (QED) is 0.614. The van der Waals surface area contributed by atoms with Gasteiger partial charge in [-0.2, -0.15) is 4.31 Å². The van der Waals surface area contributed by atoms with Gasteiger partial charge in [0, 0.05) is 18.7 Å². The van der Waals surface area contributed by atoms with Crippen molar-refractivity contribution in [1.29, 1.82) is 0 Å². The Morgan fingerprint density at radius 3 is 2.41 bits per heavy atom. The second kappa shape index (κ2) is 6.55. The molecular weight excluding hydrogens is 314 g/mol. The lowest BCUT2D eigenvalue weighted by molar-refractivity contribution is 0.0730. The maximum atomic E-state index is 12.8. The number of aryl methyl sites for hydroxylation is 1. The Balaban J connectivity index is 2.39. The fraction of sp³-hybridized carbons (Fsp3) is 0.500. The monoisotopic (exact) mass is 337 g/mol. The van der Waals surface area contributed by atoms with Crippen molar-refractivity contribution < 1.29 is 13.2 Å². The van der Waals surface area contributed by atoms with Crippen molar-refractivity contribution in [3.8, 4) is 11.5 Å². The molecule has 22 heavy (non-hydrogen) atoms. The third kappa shape index (κ3) is 4.20. The molecule has 0 spiro atoms. The SMILES string of the molecule is Cc1ccc(C#C[Si](C)(C)C)cc1S(=O)(=O)N1CCOCC1. The summed E-state index contributed by atoms with van der Waals surface area (Å²) in [6.07, 6.45) is 0. The predicted molar refractivity (Wildman–Crippen MR) is 91.0 cm³/mol. The number of hydrogen-bond donors (Lipinski definition) is 0. The van der Waals surface area contributed by atoms with Crippen LogP contribution in [0.3, 0.4) is 0 Å². The summed E-state index contributed by atoms with van der Waals surface area (Å²) in [5, 5.41) is 0. The zero-order valence-electron chi connectivity index (χ0n) is 13.6. The van der Waals surface area contributed by atoms with Crippen LogP contribution in [0.25, 0.3) is 0 Å². The summed E-state index contributed by atoms with van der Waals surface area (Å²) in [4.78, 5) is 0.358. The molecule has 0 radical (unpaired) electrons. The lowest BCUT2D eigenvalue weighted by Crippen LogP contribution is -2.40. The first kappa shape index (κ1) is 17.2. The largest absolute Gasteiger partial charge is 0.379 e. The molecule has 1 heterocycles. The Labute approximate surface area is 134 Å². The van der Waals surface area contributed by atoms with Crippen LogP contribution in [0, 0.1) is 18.4 Å². The van der Waals surface area contributed by atoms with Crippen molar-refractivity contribution in [2.24, 2.45) is 0 Å². The highest BCUT2D eigenvalue weighted by Gasteiger charge is 2.27. The smallest absolute Gasteiger partial charge is 0.243 e. The van der Waals surface area contributed by atoms with E-state index in [2.05, 4.69) is 31.1 Å². The Bertz CT molecular complexity index is 705. The molecule has 120 valence electrons. The van der Waals surface area contributed by atoms with E-state index in [9.17, 15) is 8.42 Å². The van der Waals surface area contributed by atoms with Gasteiger partial charge in [0.2, 0.25) is 10.0 Å². The topological polar surface area (TPSA) is 46.6 Å². The van der Waals surface area contributed by atoms with E-state index in [1.165, 1.54) is 4.31 Å². The van der Waals surface area contributed by atoms with Crippen LogP contribution >= 0.6 is 0 Å². The van der Waals surface area contributed by atoms with Crippen LogP contribution in [0.2, 0.25) is 19.6 Å². The second-order valence-corrected chi connectivity index (χ2v) is 13.2. The molecule has 0 unspecified atom stereocenters. The summed E-state index contributed by atoms with van der Waals surface area (Å²) in [5.74, 6) is 3.13. The lowest BCUT2D eigenvalue weighted by Gasteiger charge is -2.26. The standard InChI is InChI=1S/C16H23NO3SSi/c1-14-5-6-15(7-12-22(2,3)4)13-16(14)21(18,19)17-8-10-20-11-9-17/h5-6,13H,8-11H2,1-4H3. The first-order chi connectivity index (χ1) is 10.2. The molecule has 6 heteroatoms. The molecule has 1 aromatic carbocycles. The summed E-state index contributed by atoms with van der Waals surface area (Å²) < 4.78 is 32.3. The van der Waals surface area contributed by atoms with Gasteiger partial charge >= 0.3 is 0 Å². The van der Waals surface area contributed by atoms with E-state index in [1.807, 2.05) is 19.1 Å². The fourth-order valence-corrected chi connectivity index (χ4v) is 4.32. The van der Waals surface area contributed by atoms with Crippen molar-refractivity contribution in [3.63, 3.8) is 0 Å². The fourth-order valence-electron chi connectivity index (χ4n) is 2.14. The molecule has 1 aliphatic heterocycles. The predicted octanol–water partition coefficient (Wildman–Crippen LogP) is 2.24. The van der Waals surface area contributed by atoms with Gasteiger partial charge in [-0.1, -0.05) is 31.6 Å². The molecule has 1 fully saturated rings. The summed E-state index contributed by atoms with van der Waals surface area (Å²) >= 11 is 0. The van der Waals surface area contributed by atoms with Crippen LogP contribution in [0.5, 0.6) is 0 Å². The van der Waals surface area contributed by atoms with Gasteiger partial charge in [-0.3, -0.25) is 0 Å². The van der Waals surface area contributed by atoms with Crippen LogP contribution in [0.4, 0.5) is 0 Å². The number of nitrogens with zero attached hydrogens (tertiary/aromatic N) is 1. The molecule has 4 nitrogen and oxygen atoms in total. The Morgan fingerprint density at radius 2 is 1.82 bits per heavy atom. The molecular formula is C16H23NO3SSi. The Kier molecular flexibility index (Phi) is 5.13. The first-order valence-corrected chi connectivity index (χ1v) is 12.4. The maximum Gasteiger partial charge on any atom is 0.243 e. The minimum Gasteiger partial charge on any atom is -0.379 e. The van der Waals surface area contributed by atoms with Gasteiger partial charge < -0.3 is 4.74 Å². The zero-order chi connectivity index (χ0) is 16.4. The van der Waals surface area contributed by atoms with E-state index in [-0.39, 0.29) is 0 Å². The van der Waals surface area contributed by atoms with E-state index in [1.54, 1.807) is 6.07 Å². The number of sulfonamides is 1. The number of ether oxygens (including phenoxy) is 1. The summed E-state index contributed by atoms with van der Waals surface area (Å²) in [5.41, 5.74) is 4.79. The van der Waals surface area contributed by atoms with Crippen molar-refractivity contribution in [2.45, 2.75) is 31.5 Å². The third-order valence-corrected chi connectivity index (χ3v) is 6.27. The van der Waals surface area contributed by atoms with Crippen molar-refractivity contribution in [3.05, 3.63) is 29.3 Å². The molecule has 0 aliphatic carbocycles. The average Bonchev–Trinajstić information content (AvgIpc) is 2.46. The molecule has 0 saturated carbocycles. The summed E-state index contributed by atoms with van der Waals surface area (Å²) in [6.45, 7) is 10.0. The van der Waals surface area contributed by atoms with Gasteiger partial charge in [-0.15, -0.1) is 5.54 Å². The highest BCUT2D eigenvalue weighted by atomic mass is 32.2. The van der Waals surface area contributed by atoms with E-state index in [4.69, 9.17) is 4.74 Å². The van der Waals surface area contributed by atoms with Crippen molar-refractivity contribution >= 4 is 18.1 Å². The lowest BCUT2D eigenvalue weighted by atomic mass is 10.2. The van der Waals surface area contributed by atoms with Crippen LogP contribution < -0.4 is 0 Å². The molecule has 0 amide bonds. The molecule has 0 bridgehead atoms.